The van der Waals surface area contributed by atoms with Gasteiger partial charge in [0.1, 0.15) is 23.8 Å². The molecule has 2 aliphatic rings. The zero-order valence-electron chi connectivity index (χ0n) is 36.8. The van der Waals surface area contributed by atoms with Crippen molar-refractivity contribution < 1.29 is 28.6 Å². The van der Waals surface area contributed by atoms with Gasteiger partial charge in [0.25, 0.3) is 11.5 Å². The number of nitrogens with zero attached hydrogens (tertiary/aromatic N) is 3. The molecule has 3 aromatic carbocycles. The molecule has 1 saturated heterocycles. The molecule has 63 heavy (non-hydrogen) atoms. The fourth-order valence-corrected chi connectivity index (χ4v) is 9.47. The van der Waals surface area contributed by atoms with E-state index in [0.29, 0.717) is 63.0 Å². The Labute approximate surface area is 368 Å². The number of benzene rings is 3. The first-order valence-corrected chi connectivity index (χ1v) is 22.3. The molecule has 2 fully saturated rings. The van der Waals surface area contributed by atoms with Crippen LogP contribution in [0.2, 0.25) is 0 Å². The van der Waals surface area contributed by atoms with Crippen LogP contribution in [0.25, 0.3) is 33.1 Å². The van der Waals surface area contributed by atoms with Gasteiger partial charge < -0.3 is 34.0 Å². The lowest BCUT2D eigenvalue weighted by Gasteiger charge is -2.37. The third kappa shape index (κ3) is 9.47. The zero-order valence-corrected chi connectivity index (χ0v) is 36.8. The second-order valence-electron chi connectivity index (χ2n) is 16.8. The maximum Gasteiger partial charge on any atom is 0.253 e. The number of ether oxygens (including phenoxy) is 3. The summed E-state index contributed by atoms with van der Waals surface area (Å²) in [5.74, 6) is 0.461. The van der Waals surface area contributed by atoms with Gasteiger partial charge in [-0.2, -0.15) is 0 Å². The number of amides is 1. The SMILES string of the molecule is CCN(c1cc(-c2ccc(OCCOCCCc3cccc4c3c3cccnc3n4C3CCC(=O)CC3=O)cc2)cc(C(=O)NCc2c(C)cc(C)[nH]c2=O)c1C)C1CCOCC1. The normalized spacial score (nSPS) is 15.9. The number of fused-ring (bicyclic) bond motifs is 3. The maximum atomic E-state index is 13.9. The average molecular weight is 852 g/mol. The minimum atomic E-state index is -0.387. The Kier molecular flexibility index (Phi) is 13.5. The molecule has 4 heterocycles. The molecule has 1 aliphatic heterocycles. The molecule has 1 atom stereocenters. The van der Waals surface area contributed by atoms with E-state index in [1.54, 1.807) is 6.20 Å². The number of anilines is 1. The number of nitrogens with one attached hydrogen (secondary N) is 2. The van der Waals surface area contributed by atoms with Crippen LogP contribution in [0.4, 0.5) is 5.69 Å². The topological polar surface area (TPSA) is 145 Å². The monoisotopic (exact) mass is 851 g/mol. The summed E-state index contributed by atoms with van der Waals surface area (Å²) >= 11 is 0. The van der Waals surface area contributed by atoms with Crippen LogP contribution in [0.5, 0.6) is 5.75 Å². The molecule has 3 aromatic heterocycles. The van der Waals surface area contributed by atoms with Crippen LogP contribution in [0, 0.1) is 20.8 Å². The van der Waals surface area contributed by atoms with Crippen molar-refractivity contribution in [3.05, 3.63) is 123 Å². The van der Waals surface area contributed by atoms with Gasteiger partial charge in [0.15, 0.2) is 5.78 Å². The molecule has 0 radical (unpaired) electrons. The summed E-state index contributed by atoms with van der Waals surface area (Å²) in [7, 11) is 0. The molecule has 12 nitrogen and oxygen atoms in total. The van der Waals surface area contributed by atoms with Crippen molar-refractivity contribution in [3.8, 4) is 16.9 Å². The summed E-state index contributed by atoms with van der Waals surface area (Å²) in [4.78, 5) is 61.6. The van der Waals surface area contributed by atoms with Gasteiger partial charge in [0, 0.05) is 84.9 Å². The van der Waals surface area contributed by atoms with Crippen LogP contribution in [0.1, 0.15) is 89.8 Å². The minimum absolute atomic E-state index is 0.00978. The molecular weight excluding hydrogens is 795 g/mol. The van der Waals surface area contributed by atoms with Gasteiger partial charge in [0.2, 0.25) is 0 Å². The summed E-state index contributed by atoms with van der Waals surface area (Å²) in [6.07, 6.45) is 6.09. The minimum Gasteiger partial charge on any atom is -0.491 e. The van der Waals surface area contributed by atoms with Crippen LogP contribution >= 0.6 is 0 Å². The predicted octanol–water partition coefficient (Wildman–Crippen LogP) is 8.30. The van der Waals surface area contributed by atoms with Gasteiger partial charge in [0.05, 0.1) is 24.6 Å². The Morgan fingerprint density at radius 2 is 1.75 bits per heavy atom. The van der Waals surface area contributed by atoms with Crippen molar-refractivity contribution in [2.45, 2.75) is 91.3 Å². The van der Waals surface area contributed by atoms with E-state index in [2.05, 4.69) is 45.3 Å². The van der Waals surface area contributed by atoms with E-state index in [4.69, 9.17) is 14.2 Å². The van der Waals surface area contributed by atoms with Gasteiger partial charge in [-0.15, -0.1) is 0 Å². The first-order valence-electron chi connectivity index (χ1n) is 22.3. The number of aromatic amines is 1. The molecule has 6 aromatic rings. The Morgan fingerprint density at radius 3 is 2.51 bits per heavy atom. The second-order valence-corrected chi connectivity index (χ2v) is 16.8. The first-order chi connectivity index (χ1) is 30.6. The van der Waals surface area contributed by atoms with Crippen LogP contribution < -0.4 is 20.5 Å². The molecule has 0 spiro atoms. The van der Waals surface area contributed by atoms with Crippen LogP contribution in [0.15, 0.2) is 83.8 Å². The molecule has 328 valence electrons. The van der Waals surface area contributed by atoms with Crippen molar-refractivity contribution in [1.82, 2.24) is 19.9 Å². The van der Waals surface area contributed by atoms with Crippen molar-refractivity contribution in [2.75, 3.05) is 44.5 Å². The van der Waals surface area contributed by atoms with E-state index in [1.165, 1.54) is 5.56 Å². The van der Waals surface area contributed by atoms with Gasteiger partial charge in [-0.1, -0.05) is 24.3 Å². The number of Topliss-reactive ketones (excluding diaryl/α,β-unsaturated/α-hetero) is 2. The smallest absolute Gasteiger partial charge is 0.253 e. The van der Waals surface area contributed by atoms with Crippen LogP contribution in [0.3, 0.4) is 0 Å². The van der Waals surface area contributed by atoms with Crippen LogP contribution in [-0.2, 0) is 32.0 Å². The summed E-state index contributed by atoms with van der Waals surface area (Å²) < 4.78 is 19.8. The van der Waals surface area contributed by atoms with E-state index in [-0.39, 0.29) is 42.0 Å². The summed E-state index contributed by atoms with van der Waals surface area (Å²) in [5, 5.41) is 5.15. The highest BCUT2D eigenvalue weighted by Crippen LogP contribution is 2.37. The van der Waals surface area contributed by atoms with Crippen molar-refractivity contribution >= 4 is 45.1 Å². The summed E-state index contributed by atoms with van der Waals surface area (Å²) in [6, 6.07) is 24.1. The predicted molar refractivity (Wildman–Crippen MR) is 246 cm³/mol. The highest BCUT2D eigenvalue weighted by Gasteiger charge is 2.31. The molecule has 1 unspecified atom stereocenters. The Balaban J connectivity index is 0.904. The van der Waals surface area contributed by atoms with E-state index in [1.807, 2.05) is 79.9 Å². The lowest BCUT2D eigenvalue weighted by Crippen LogP contribution is -2.40. The van der Waals surface area contributed by atoms with Gasteiger partial charge in [-0.3, -0.25) is 19.2 Å². The van der Waals surface area contributed by atoms with Gasteiger partial charge >= 0.3 is 0 Å². The molecule has 0 bridgehead atoms. The fourth-order valence-electron chi connectivity index (χ4n) is 9.47. The number of carbonyl (C=O) groups is 3. The Bertz CT molecular complexity index is 2700. The molecule has 8 rings (SSSR count). The largest absolute Gasteiger partial charge is 0.491 e. The fraction of sp³-hybridized carbons (Fsp3) is 0.392. The van der Waals surface area contributed by atoms with E-state index < -0.39 is 0 Å². The lowest BCUT2D eigenvalue weighted by atomic mass is 9.92. The molecule has 1 aliphatic carbocycles. The molecule has 1 amide bonds. The molecule has 1 saturated carbocycles. The summed E-state index contributed by atoms with van der Waals surface area (Å²) in [6.45, 7) is 11.6. The second kappa shape index (κ2) is 19.5. The molecule has 12 heteroatoms. The number of hydrogen-bond acceptors (Lipinski definition) is 9. The number of rotatable bonds is 16. The number of carbonyl (C=O) groups excluding carboxylic acids is 3. The van der Waals surface area contributed by atoms with Crippen molar-refractivity contribution in [3.63, 3.8) is 0 Å². The number of pyridine rings is 2. The van der Waals surface area contributed by atoms with E-state index >= 15 is 0 Å². The highest BCUT2D eigenvalue weighted by molar-refractivity contribution is 6.11. The van der Waals surface area contributed by atoms with Crippen LogP contribution in [-0.4, -0.2) is 77.6 Å². The Hall–Kier alpha value is -6.11. The maximum absolute atomic E-state index is 13.9. The lowest BCUT2D eigenvalue weighted by molar-refractivity contribution is -0.132. The zero-order chi connectivity index (χ0) is 44.0. The highest BCUT2D eigenvalue weighted by atomic mass is 16.5. The quantitative estimate of drug-likeness (QED) is 0.0726. The number of ketones is 2. The average Bonchev–Trinajstić information content (AvgIpc) is 3.62. The van der Waals surface area contributed by atoms with E-state index in [9.17, 15) is 19.2 Å². The van der Waals surface area contributed by atoms with E-state index in [0.717, 1.165) is 93.5 Å². The number of aromatic nitrogens is 3. The number of hydrogen-bond donors (Lipinski definition) is 2. The number of H-pyrrole nitrogens is 1. The van der Waals surface area contributed by atoms with Gasteiger partial charge in [-0.05, 0) is 136 Å². The van der Waals surface area contributed by atoms with Crippen molar-refractivity contribution in [2.24, 2.45) is 0 Å². The first kappa shape index (κ1) is 43.5. The van der Waals surface area contributed by atoms with Gasteiger partial charge in [-0.25, -0.2) is 4.98 Å². The molecular formula is C51H57N5O7. The third-order valence-corrected chi connectivity index (χ3v) is 12.7. The standard InChI is InChI=1S/C51H57N5O7/c1-5-55(38-19-23-62-24-20-38)46-29-37(28-42(34(46)4)50(59)53-31-43-32(2)27-33(3)54-51(43)60)35-13-16-40(17-14-35)63-26-25-61-22-8-10-36-9-6-12-45-48(36)41-11-7-21-52-49(41)56(45)44-18-15-39(57)30-47(44)58/h6-7,9,11-14,16-17,21,27-29,38,44H,5,8,10,15,18-20,22-26,30-31H2,1-4H3,(H,53,59)(H,54,60). The van der Waals surface area contributed by atoms with Crippen molar-refractivity contribution in [1.29, 1.82) is 0 Å². The molecule has 2 N–H and O–H groups in total. The number of aryl methyl sites for hydroxylation is 3. The Morgan fingerprint density at radius 1 is 0.937 bits per heavy atom. The summed E-state index contributed by atoms with van der Waals surface area (Å²) in [5.41, 5.74) is 9.27. The third-order valence-electron chi connectivity index (χ3n) is 12.7.